The summed E-state index contributed by atoms with van der Waals surface area (Å²) in [6.45, 7) is 3.00. The highest BCUT2D eigenvalue weighted by Gasteiger charge is 2.22. The lowest BCUT2D eigenvalue weighted by molar-refractivity contribution is -0.138. The molecular weight excluding hydrogens is 220 g/mol. The molecule has 98 valence electrons. The third kappa shape index (κ3) is 3.94. The Hall–Kier alpha value is -0.650. The molecule has 1 amide bonds. The zero-order valence-corrected chi connectivity index (χ0v) is 10.3. The standard InChI is InChI=1S/C12H22N2O3/c13-10-3-1-5-14(7-10)12(15)9-16-8-11-4-2-6-17-11/h10-11H,1-9,13H2/t10-,11-/m1/s1. The first-order valence-corrected chi connectivity index (χ1v) is 6.48. The summed E-state index contributed by atoms with van der Waals surface area (Å²) in [4.78, 5) is 13.6. The lowest BCUT2D eigenvalue weighted by Gasteiger charge is -2.30. The van der Waals surface area contributed by atoms with Gasteiger partial charge in [0.05, 0.1) is 12.7 Å². The summed E-state index contributed by atoms with van der Waals surface area (Å²) in [5.41, 5.74) is 5.84. The number of amides is 1. The van der Waals surface area contributed by atoms with Crippen molar-refractivity contribution in [2.75, 3.05) is 32.9 Å². The number of nitrogens with two attached hydrogens (primary N) is 1. The Balaban J connectivity index is 1.62. The third-order valence-electron chi connectivity index (χ3n) is 3.36. The monoisotopic (exact) mass is 242 g/mol. The molecule has 2 saturated heterocycles. The molecular formula is C12H22N2O3. The van der Waals surface area contributed by atoms with E-state index >= 15 is 0 Å². The molecule has 0 aromatic heterocycles. The summed E-state index contributed by atoms with van der Waals surface area (Å²) < 4.78 is 10.8. The zero-order valence-electron chi connectivity index (χ0n) is 10.3. The minimum atomic E-state index is 0.0538. The Morgan fingerprint density at radius 2 is 2.29 bits per heavy atom. The van der Waals surface area contributed by atoms with Gasteiger partial charge in [0.1, 0.15) is 6.61 Å². The number of ether oxygens (including phenoxy) is 2. The largest absolute Gasteiger partial charge is 0.376 e. The van der Waals surface area contributed by atoms with Crippen LogP contribution in [0.3, 0.4) is 0 Å². The highest BCUT2D eigenvalue weighted by atomic mass is 16.5. The Labute approximate surface area is 102 Å². The minimum Gasteiger partial charge on any atom is -0.376 e. The fraction of sp³-hybridized carbons (Fsp3) is 0.917. The molecule has 17 heavy (non-hydrogen) atoms. The summed E-state index contributed by atoms with van der Waals surface area (Å²) >= 11 is 0. The normalized spacial score (nSPS) is 29.6. The van der Waals surface area contributed by atoms with Crippen LogP contribution in [-0.2, 0) is 14.3 Å². The van der Waals surface area contributed by atoms with Crippen LogP contribution in [0.5, 0.6) is 0 Å². The summed E-state index contributed by atoms with van der Waals surface area (Å²) in [6, 6.07) is 0.130. The Kier molecular flexibility index (Phi) is 4.76. The number of likely N-dealkylation sites (tertiary alicyclic amines) is 1. The smallest absolute Gasteiger partial charge is 0.248 e. The predicted octanol–water partition coefficient (Wildman–Crippen LogP) is 0.132. The van der Waals surface area contributed by atoms with E-state index in [1.54, 1.807) is 0 Å². The molecule has 0 aliphatic carbocycles. The molecule has 2 fully saturated rings. The van der Waals surface area contributed by atoms with Crippen LogP contribution >= 0.6 is 0 Å². The van der Waals surface area contributed by atoms with E-state index in [-0.39, 0.29) is 24.7 Å². The average molecular weight is 242 g/mol. The fourth-order valence-electron chi connectivity index (χ4n) is 2.38. The Morgan fingerprint density at radius 3 is 3.00 bits per heavy atom. The molecule has 2 aliphatic heterocycles. The molecule has 0 spiro atoms. The lowest BCUT2D eigenvalue weighted by Crippen LogP contribution is -2.47. The van der Waals surface area contributed by atoms with Gasteiger partial charge in [-0.15, -0.1) is 0 Å². The van der Waals surface area contributed by atoms with E-state index in [4.69, 9.17) is 15.2 Å². The number of nitrogens with zero attached hydrogens (tertiary/aromatic N) is 1. The van der Waals surface area contributed by atoms with Gasteiger partial charge in [-0.25, -0.2) is 0 Å². The van der Waals surface area contributed by atoms with Crippen LogP contribution in [0.2, 0.25) is 0 Å². The van der Waals surface area contributed by atoms with Crippen LogP contribution in [0.1, 0.15) is 25.7 Å². The topological polar surface area (TPSA) is 64.8 Å². The molecule has 2 atom stereocenters. The van der Waals surface area contributed by atoms with Crippen molar-refractivity contribution in [3.05, 3.63) is 0 Å². The first kappa shape index (κ1) is 12.8. The third-order valence-corrected chi connectivity index (χ3v) is 3.36. The molecule has 2 N–H and O–H groups in total. The van der Waals surface area contributed by atoms with Gasteiger partial charge in [0.15, 0.2) is 0 Å². The van der Waals surface area contributed by atoms with Crippen molar-refractivity contribution in [1.82, 2.24) is 4.90 Å². The number of carbonyl (C=O) groups is 1. The molecule has 2 rings (SSSR count). The van der Waals surface area contributed by atoms with E-state index in [2.05, 4.69) is 0 Å². The van der Waals surface area contributed by atoms with Crippen molar-refractivity contribution in [3.8, 4) is 0 Å². The van der Waals surface area contributed by atoms with Gasteiger partial charge < -0.3 is 20.1 Å². The second-order valence-electron chi connectivity index (χ2n) is 4.89. The van der Waals surface area contributed by atoms with Gasteiger partial charge in [0, 0.05) is 25.7 Å². The molecule has 0 aromatic rings. The molecule has 0 unspecified atom stereocenters. The summed E-state index contributed by atoms with van der Waals surface area (Å²) in [6.07, 6.45) is 4.34. The first-order valence-electron chi connectivity index (χ1n) is 6.48. The van der Waals surface area contributed by atoms with E-state index in [0.717, 1.165) is 38.8 Å². The fourth-order valence-corrected chi connectivity index (χ4v) is 2.38. The van der Waals surface area contributed by atoms with Crippen molar-refractivity contribution >= 4 is 5.91 Å². The zero-order chi connectivity index (χ0) is 12.1. The van der Waals surface area contributed by atoms with Gasteiger partial charge >= 0.3 is 0 Å². The second-order valence-corrected chi connectivity index (χ2v) is 4.89. The predicted molar refractivity (Wildman–Crippen MR) is 63.6 cm³/mol. The van der Waals surface area contributed by atoms with Crippen LogP contribution in [0.15, 0.2) is 0 Å². The van der Waals surface area contributed by atoms with E-state index in [9.17, 15) is 4.79 Å². The van der Waals surface area contributed by atoms with Gasteiger partial charge in [-0.1, -0.05) is 0 Å². The summed E-state index contributed by atoms with van der Waals surface area (Å²) in [7, 11) is 0. The van der Waals surface area contributed by atoms with E-state index in [0.29, 0.717) is 13.2 Å². The van der Waals surface area contributed by atoms with Crippen LogP contribution in [0, 0.1) is 0 Å². The van der Waals surface area contributed by atoms with E-state index in [1.807, 2.05) is 4.90 Å². The van der Waals surface area contributed by atoms with Gasteiger partial charge in [-0.3, -0.25) is 4.79 Å². The van der Waals surface area contributed by atoms with E-state index in [1.165, 1.54) is 0 Å². The Morgan fingerprint density at radius 1 is 1.41 bits per heavy atom. The van der Waals surface area contributed by atoms with Crippen LogP contribution in [0.4, 0.5) is 0 Å². The molecule has 0 aromatic carbocycles. The van der Waals surface area contributed by atoms with Gasteiger partial charge in [0.2, 0.25) is 5.91 Å². The SMILES string of the molecule is N[C@@H]1CCCN(C(=O)COC[C@H]2CCCO2)C1. The highest BCUT2D eigenvalue weighted by Crippen LogP contribution is 2.12. The molecule has 0 bridgehead atoms. The van der Waals surface area contributed by atoms with Crippen molar-refractivity contribution in [3.63, 3.8) is 0 Å². The lowest BCUT2D eigenvalue weighted by atomic mass is 10.1. The number of rotatable bonds is 4. The summed E-state index contributed by atoms with van der Waals surface area (Å²) in [5.74, 6) is 0.0538. The molecule has 5 heteroatoms. The number of piperidine rings is 1. The minimum absolute atomic E-state index is 0.0538. The maximum atomic E-state index is 11.8. The van der Waals surface area contributed by atoms with Crippen molar-refractivity contribution in [2.24, 2.45) is 5.73 Å². The maximum Gasteiger partial charge on any atom is 0.248 e. The summed E-state index contributed by atoms with van der Waals surface area (Å²) in [5, 5.41) is 0. The van der Waals surface area contributed by atoms with Crippen molar-refractivity contribution in [1.29, 1.82) is 0 Å². The van der Waals surface area contributed by atoms with E-state index < -0.39 is 0 Å². The van der Waals surface area contributed by atoms with Crippen LogP contribution in [0.25, 0.3) is 0 Å². The van der Waals surface area contributed by atoms with Crippen molar-refractivity contribution in [2.45, 2.75) is 37.8 Å². The molecule has 0 radical (unpaired) electrons. The van der Waals surface area contributed by atoms with Gasteiger partial charge in [-0.2, -0.15) is 0 Å². The highest BCUT2D eigenvalue weighted by molar-refractivity contribution is 5.77. The quantitative estimate of drug-likeness (QED) is 0.761. The number of hydrogen-bond acceptors (Lipinski definition) is 4. The maximum absolute atomic E-state index is 11.8. The molecule has 2 heterocycles. The molecule has 0 saturated carbocycles. The second kappa shape index (κ2) is 6.33. The number of hydrogen-bond donors (Lipinski definition) is 1. The average Bonchev–Trinajstić information content (AvgIpc) is 2.82. The van der Waals surface area contributed by atoms with Crippen molar-refractivity contribution < 1.29 is 14.3 Å². The number of carbonyl (C=O) groups excluding carboxylic acids is 1. The Bertz CT molecular complexity index is 254. The van der Waals surface area contributed by atoms with Gasteiger partial charge in [0.25, 0.3) is 0 Å². The van der Waals surface area contributed by atoms with Crippen LogP contribution < -0.4 is 5.73 Å². The van der Waals surface area contributed by atoms with Gasteiger partial charge in [-0.05, 0) is 25.7 Å². The van der Waals surface area contributed by atoms with Crippen LogP contribution in [-0.4, -0.2) is 55.9 Å². The first-order chi connectivity index (χ1) is 8.25. The molecule has 5 nitrogen and oxygen atoms in total. The molecule has 2 aliphatic rings.